The molecule has 0 radical (unpaired) electrons. The molecule has 5 nitrogen and oxygen atoms in total. The van der Waals surface area contributed by atoms with Gasteiger partial charge in [0, 0.05) is 17.8 Å². The Balaban J connectivity index is 2.19. The van der Waals surface area contributed by atoms with E-state index >= 15 is 0 Å². The van der Waals surface area contributed by atoms with Gasteiger partial charge in [-0.3, -0.25) is 4.79 Å². The third-order valence-electron chi connectivity index (χ3n) is 3.49. The summed E-state index contributed by atoms with van der Waals surface area (Å²) < 4.78 is 27.4. The number of aryl methyl sites for hydroxylation is 1. The minimum atomic E-state index is -3.50. The van der Waals surface area contributed by atoms with Crippen molar-refractivity contribution in [1.29, 1.82) is 0 Å². The molecule has 24 heavy (non-hydrogen) atoms. The summed E-state index contributed by atoms with van der Waals surface area (Å²) in [7, 11) is -1.69. The van der Waals surface area contributed by atoms with E-state index in [9.17, 15) is 13.2 Å². The van der Waals surface area contributed by atoms with E-state index in [2.05, 4.69) is 20.9 Å². The lowest BCUT2D eigenvalue weighted by Crippen LogP contribution is -2.15. The summed E-state index contributed by atoms with van der Waals surface area (Å²) >= 11 is 4.86. The second kappa shape index (κ2) is 6.27. The number of carbonyl (C=O) groups is 1. The van der Waals surface area contributed by atoms with Gasteiger partial charge in [-0.05, 0) is 40.2 Å². The van der Waals surface area contributed by atoms with Gasteiger partial charge in [-0.25, -0.2) is 8.42 Å². The highest BCUT2D eigenvalue weighted by molar-refractivity contribution is 9.10. The Morgan fingerprint density at radius 1 is 1.17 bits per heavy atom. The topological polar surface area (TPSA) is 68.5 Å². The molecule has 0 aliphatic rings. The standard InChI is InChI=1S/C16H13BrN2O3S2/c1-19-14-11(17)7-5-8-12(14)23-16(19)18-15(20)10-6-3-4-9-13(10)24(2,21)22/h3-9H,1-2H3. The van der Waals surface area contributed by atoms with Gasteiger partial charge in [0.2, 0.25) is 0 Å². The van der Waals surface area contributed by atoms with E-state index in [1.165, 1.54) is 23.5 Å². The number of halogens is 1. The van der Waals surface area contributed by atoms with Crippen molar-refractivity contribution in [3.8, 4) is 0 Å². The first-order valence-corrected chi connectivity index (χ1v) is 10.4. The van der Waals surface area contributed by atoms with Crippen LogP contribution in [0.2, 0.25) is 0 Å². The number of nitrogens with zero attached hydrogens (tertiary/aromatic N) is 2. The smallest absolute Gasteiger partial charge is 0.280 e. The van der Waals surface area contributed by atoms with Crippen molar-refractivity contribution in [1.82, 2.24) is 4.57 Å². The third-order valence-corrected chi connectivity index (χ3v) is 6.38. The van der Waals surface area contributed by atoms with Gasteiger partial charge < -0.3 is 4.57 Å². The highest BCUT2D eigenvalue weighted by atomic mass is 79.9. The number of fused-ring (bicyclic) bond motifs is 1. The van der Waals surface area contributed by atoms with Gasteiger partial charge in [0.15, 0.2) is 14.6 Å². The zero-order valence-electron chi connectivity index (χ0n) is 12.9. The Morgan fingerprint density at radius 3 is 2.54 bits per heavy atom. The molecule has 124 valence electrons. The van der Waals surface area contributed by atoms with E-state index in [0.29, 0.717) is 4.80 Å². The molecule has 8 heteroatoms. The van der Waals surface area contributed by atoms with E-state index in [-0.39, 0.29) is 10.5 Å². The number of benzene rings is 2. The Labute approximate surface area is 151 Å². The Kier molecular flexibility index (Phi) is 4.46. The van der Waals surface area contributed by atoms with Crippen LogP contribution < -0.4 is 4.80 Å². The molecule has 0 spiro atoms. The summed E-state index contributed by atoms with van der Waals surface area (Å²) in [4.78, 5) is 17.2. The van der Waals surface area contributed by atoms with Gasteiger partial charge in [-0.15, -0.1) is 0 Å². The third kappa shape index (κ3) is 3.09. The molecule has 0 N–H and O–H groups in total. The molecular weight excluding hydrogens is 412 g/mol. The zero-order valence-corrected chi connectivity index (χ0v) is 16.1. The van der Waals surface area contributed by atoms with Gasteiger partial charge in [-0.2, -0.15) is 4.99 Å². The Bertz CT molecular complexity index is 1130. The number of rotatable bonds is 2. The second-order valence-electron chi connectivity index (χ2n) is 5.22. The molecule has 1 aromatic heterocycles. The highest BCUT2D eigenvalue weighted by Gasteiger charge is 2.18. The first kappa shape index (κ1) is 17.1. The van der Waals surface area contributed by atoms with Gasteiger partial charge in [0.05, 0.1) is 20.7 Å². The van der Waals surface area contributed by atoms with Crippen molar-refractivity contribution in [3.05, 3.63) is 57.3 Å². The molecular formula is C16H13BrN2O3S2. The number of sulfone groups is 1. The summed E-state index contributed by atoms with van der Waals surface area (Å²) in [6.45, 7) is 0. The lowest BCUT2D eigenvalue weighted by molar-refractivity contribution is 0.0995. The van der Waals surface area contributed by atoms with Crippen LogP contribution in [-0.2, 0) is 16.9 Å². The number of carbonyl (C=O) groups excluding carboxylic acids is 1. The molecule has 0 bridgehead atoms. The van der Waals surface area contributed by atoms with Crippen LogP contribution in [0.3, 0.4) is 0 Å². The summed E-state index contributed by atoms with van der Waals surface area (Å²) in [6, 6.07) is 11.9. The van der Waals surface area contributed by atoms with Crippen LogP contribution in [0.15, 0.2) is 56.8 Å². The molecule has 0 saturated carbocycles. The fourth-order valence-corrected chi connectivity index (χ4v) is 5.07. The van der Waals surface area contributed by atoms with Gasteiger partial charge in [0.25, 0.3) is 5.91 Å². The molecule has 3 rings (SSSR count). The largest absolute Gasteiger partial charge is 0.318 e. The van der Waals surface area contributed by atoms with Gasteiger partial charge in [0.1, 0.15) is 0 Å². The fraction of sp³-hybridized carbons (Fsp3) is 0.125. The summed E-state index contributed by atoms with van der Waals surface area (Å²) in [5.74, 6) is -0.575. The molecule has 1 amide bonds. The first-order chi connectivity index (χ1) is 11.3. The summed E-state index contributed by atoms with van der Waals surface area (Å²) in [5.41, 5.74) is 1.02. The van der Waals surface area contributed by atoms with Gasteiger partial charge in [-0.1, -0.05) is 29.5 Å². The maximum absolute atomic E-state index is 12.5. The van der Waals surface area contributed by atoms with E-state index in [1.54, 1.807) is 12.1 Å². The van der Waals surface area contributed by atoms with Crippen LogP contribution in [0, 0.1) is 0 Å². The highest BCUT2D eigenvalue weighted by Crippen LogP contribution is 2.25. The molecule has 0 aliphatic heterocycles. The lowest BCUT2D eigenvalue weighted by Gasteiger charge is -2.03. The molecule has 3 aromatic rings. The first-order valence-electron chi connectivity index (χ1n) is 6.91. The van der Waals surface area contributed by atoms with Crippen LogP contribution in [-0.4, -0.2) is 25.1 Å². The summed E-state index contributed by atoms with van der Waals surface area (Å²) in [5, 5.41) is 0. The van der Waals surface area contributed by atoms with Crippen molar-refractivity contribution in [3.63, 3.8) is 0 Å². The number of thiazole rings is 1. The predicted octanol–water partition coefficient (Wildman–Crippen LogP) is 3.15. The predicted molar refractivity (Wildman–Crippen MR) is 97.9 cm³/mol. The van der Waals surface area contributed by atoms with Crippen LogP contribution in [0.1, 0.15) is 10.4 Å². The maximum Gasteiger partial charge on any atom is 0.280 e. The van der Waals surface area contributed by atoms with Crippen LogP contribution in [0.25, 0.3) is 10.2 Å². The van der Waals surface area contributed by atoms with E-state index in [0.717, 1.165) is 20.9 Å². The average Bonchev–Trinajstić information content (AvgIpc) is 2.84. The number of aromatic nitrogens is 1. The number of hydrogen-bond acceptors (Lipinski definition) is 4. The molecule has 0 atom stereocenters. The van der Waals surface area contributed by atoms with Crippen molar-refractivity contribution >= 4 is 53.2 Å². The van der Waals surface area contributed by atoms with Crippen LogP contribution in [0.5, 0.6) is 0 Å². The number of hydrogen-bond donors (Lipinski definition) is 0. The summed E-state index contributed by atoms with van der Waals surface area (Å²) in [6.07, 6.45) is 1.08. The fourth-order valence-electron chi connectivity index (χ4n) is 2.38. The molecule has 0 unspecified atom stereocenters. The van der Waals surface area contributed by atoms with Crippen molar-refractivity contribution in [2.24, 2.45) is 12.0 Å². The number of amides is 1. The Hall–Kier alpha value is -1.77. The Morgan fingerprint density at radius 2 is 1.88 bits per heavy atom. The van der Waals surface area contributed by atoms with Crippen LogP contribution >= 0.6 is 27.3 Å². The van der Waals surface area contributed by atoms with Crippen LogP contribution in [0.4, 0.5) is 0 Å². The molecule has 0 fully saturated rings. The van der Waals surface area contributed by atoms with E-state index in [1.807, 2.05) is 29.8 Å². The minimum Gasteiger partial charge on any atom is -0.318 e. The molecule has 2 aromatic carbocycles. The molecule has 0 aliphatic carbocycles. The van der Waals surface area contributed by atoms with E-state index < -0.39 is 15.7 Å². The maximum atomic E-state index is 12.5. The monoisotopic (exact) mass is 424 g/mol. The second-order valence-corrected chi connectivity index (χ2v) is 9.06. The van der Waals surface area contributed by atoms with Crippen molar-refractivity contribution in [2.45, 2.75) is 4.90 Å². The minimum absolute atomic E-state index is 0.0105. The van der Waals surface area contributed by atoms with Crippen molar-refractivity contribution in [2.75, 3.05) is 6.26 Å². The van der Waals surface area contributed by atoms with E-state index in [4.69, 9.17) is 0 Å². The molecule has 1 heterocycles. The number of para-hydroxylation sites is 1. The normalized spacial score (nSPS) is 12.7. The SMILES string of the molecule is Cn1c(=NC(=O)c2ccccc2S(C)(=O)=O)sc2cccc(Br)c21. The quantitative estimate of drug-likeness (QED) is 0.634. The lowest BCUT2D eigenvalue weighted by atomic mass is 10.2. The zero-order chi connectivity index (χ0) is 17.5. The average molecular weight is 425 g/mol. The van der Waals surface area contributed by atoms with Crippen molar-refractivity contribution < 1.29 is 13.2 Å². The van der Waals surface area contributed by atoms with Gasteiger partial charge >= 0.3 is 0 Å². The molecule has 0 saturated heterocycles.